The van der Waals surface area contributed by atoms with E-state index in [4.69, 9.17) is 18.9 Å². The number of carbonyl (C=O) groups excluding carboxylic acids is 2. The van der Waals surface area contributed by atoms with Crippen molar-refractivity contribution in [2.24, 2.45) is 0 Å². The standard InChI is InChI=1S/C24H17FO6/c1-28-17-8-5-15(20(12-17)29-2)11-22-23(26)19-10-9-18(13-21(19)31-22)30-24(27)14-3-6-16(25)7-4-14/h3-13H,1-2H3/b22-11-. The van der Waals surface area contributed by atoms with E-state index in [2.05, 4.69) is 0 Å². The lowest BCUT2D eigenvalue weighted by atomic mass is 10.1. The van der Waals surface area contributed by atoms with Crippen LogP contribution in [-0.4, -0.2) is 26.0 Å². The van der Waals surface area contributed by atoms with Gasteiger partial charge in [-0.1, -0.05) is 0 Å². The highest BCUT2D eigenvalue weighted by molar-refractivity contribution is 6.14. The summed E-state index contributed by atoms with van der Waals surface area (Å²) in [6, 6.07) is 14.7. The van der Waals surface area contributed by atoms with Crippen molar-refractivity contribution >= 4 is 17.8 Å². The molecule has 0 aliphatic carbocycles. The average molecular weight is 420 g/mol. The van der Waals surface area contributed by atoms with Crippen LogP contribution in [0.5, 0.6) is 23.0 Å². The molecule has 156 valence electrons. The Morgan fingerprint density at radius 2 is 1.68 bits per heavy atom. The lowest BCUT2D eigenvalue weighted by molar-refractivity contribution is 0.0734. The number of ketones is 1. The van der Waals surface area contributed by atoms with Crippen LogP contribution in [0.2, 0.25) is 0 Å². The number of ether oxygens (including phenoxy) is 4. The molecular formula is C24H17FO6. The van der Waals surface area contributed by atoms with Crippen LogP contribution in [0.4, 0.5) is 4.39 Å². The van der Waals surface area contributed by atoms with Gasteiger partial charge in [0.05, 0.1) is 25.3 Å². The van der Waals surface area contributed by atoms with Gasteiger partial charge in [-0.3, -0.25) is 4.79 Å². The number of allylic oxidation sites excluding steroid dienone is 1. The summed E-state index contributed by atoms with van der Waals surface area (Å²) in [6.45, 7) is 0. The molecule has 3 aromatic carbocycles. The number of rotatable bonds is 5. The van der Waals surface area contributed by atoms with Gasteiger partial charge in [0.25, 0.3) is 0 Å². The van der Waals surface area contributed by atoms with Gasteiger partial charge in [-0.15, -0.1) is 0 Å². The molecule has 0 unspecified atom stereocenters. The van der Waals surface area contributed by atoms with Crippen molar-refractivity contribution in [3.63, 3.8) is 0 Å². The molecule has 1 aliphatic rings. The van der Waals surface area contributed by atoms with Crippen LogP contribution in [0.1, 0.15) is 26.3 Å². The van der Waals surface area contributed by atoms with E-state index >= 15 is 0 Å². The van der Waals surface area contributed by atoms with Crippen molar-refractivity contribution in [2.45, 2.75) is 0 Å². The second-order valence-electron chi connectivity index (χ2n) is 6.60. The molecule has 6 nitrogen and oxygen atoms in total. The minimum Gasteiger partial charge on any atom is -0.497 e. The summed E-state index contributed by atoms with van der Waals surface area (Å²) < 4.78 is 34.6. The van der Waals surface area contributed by atoms with Gasteiger partial charge in [-0.25, -0.2) is 9.18 Å². The van der Waals surface area contributed by atoms with Gasteiger partial charge in [-0.2, -0.15) is 0 Å². The molecule has 0 spiro atoms. The number of halogens is 1. The number of Topliss-reactive ketones (excluding diaryl/α,β-unsaturated/α-hetero) is 1. The fourth-order valence-electron chi connectivity index (χ4n) is 3.06. The number of benzene rings is 3. The summed E-state index contributed by atoms with van der Waals surface area (Å²) in [4.78, 5) is 24.9. The minimum absolute atomic E-state index is 0.112. The maximum atomic E-state index is 13.0. The first kappa shape index (κ1) is 20.2. The molecule has 0 amide bonds. The fraction of sp³-hybridized carbons (Fsp3) is 0.0833. The number of hydrogen-bond acceptors (Lipinski definition) is 6. The van der Waals surface area contributed by atoms with E-state index in [0.29, 0.717) is 22.6 Å². The zero-order valence-corrected chi connectivity index (χ0v) is 16.7. The summed E-state index contributed by atoms with van der Waals surface area (Å²) in [5.41, 5.74) is 1.19. The molecule has 0 atom stereocenters. The van der Waals surface area contributed by atoms with Gasteiger partial charge in [0.15, 0.2) is 5.76 Å². The molecule has 0 fully saturated rings. The molecule has 1 heterocycles. The van der Waals surface area contributed by atoms with E-state index in [1.54, 1.807) is 31.4 Å². The third kappa shape index (κ3) is 4.11. The Morgan fingerprint density at radius 1 is 0.935 bits per heavy atom. The summed E-state index contributed by atoms with van der Waals surface area (Å²) in [7, 11) is 3.07. The highest BCUT2D eigenvalue weighted by Crippen LogP contribution is 2.36. The van der Waals surface area contributed by atoms with Crippen molar-refractivity contribution in [2.75, 3.05) is 14.2 Å². The third-order valence-electron chi connectivity index (χ3n) is 4.66. The Morgan fingerprint density at radius 3 is 2.39 bits per heavy atom. The van der Waals surface area contributed by atoms with Crippen molar-refractivity contribution < 1.29 is 32.9 Å². The maximum Gasteiger partial charge on any atom is 0.343 e. The van der Waals surface area contributed by atoms with Crippen LogP contribution in [0.25, 0.3) is 6.08 Å². The van der Waals surface area contributed by atoms with Crippen LogP contribution in [0, 0.1) is 5.82 Å². The van der Waals surface area contributed by atoms with E-state index in [9.17, 15) is 14.0 Å². The summed E-state index contributed by atoms with van der Waals surface area (Å²) in [6.07, 6.45) is 1.57. The lowest BCUT2D eigenvalue weighted by Gasteiger charge is -2.08. The van der Waals surface area contributed by atoms with E-state index in [-0.39, 0.29) is 28.6 Å². The first-order valence-electron chi connectivity index (χ1n) is 9.26. The predicted molar refractivity (Wildman–Crippen MR) is 110 cm³/mol. The number of fused-ring (bicyclic) bond motifs is 1. The summed E-state index contributed by atoms with van der Waals surface area (Å²) in [5, 5.41) is 0. The van der Waals surface area contributed by atoms with Crippen LogP contribution >= 0.6 is 0 Å². The molecule has 0 N–H and O–H groups in total. The number of carbonyl (C=O) groups is 2. The molecule has 0 aromatic heterocycles. The number of methoxy groups -OCH3 is 2. The Hall–Kier alpha value is -4.13. The molecule has 4 rings (SSSR count). The van der Waals surface area contributed by atoms with Gasteiger partial charge < -0.3 is 18.9 Å². The SMILES string of the molecule is COc1ccc(/C=C2\Oc3cc(OC(=O)c4ccc(F)cc4)ccc3C2=O)c(OC)c1. The van der Waals surface area contributed by atoms with E-state index in [1.165, 1.54) is 49.6 Å². The minimum atomic E-state index is -0.650. The Balaban J connectivity index is 1.56. The molecule has 31 heavy (non-hydrogen) atoms. The molecule has 0 radical (unpaired) electrons. The molecular weight excluding hydrogens is 403 g/mol. The second kappa shape index (κ2) is 8.31. The Kier molecular flexibility index (Phi) is 5.41. The van der Waals surface area contributed by atoms with Crippen LogP contribution in [-0.2, 0) is 0 Å². The van der Waals surface area contributed by atoms with Crippen molar-refractivity contribution in [3.05, 3.63) is 88.9 Å². The highest BCUT2D eigenvalue weighted by atomic mass is 19.1. The third-order valence-corrected chi connectivity index (χ3v) is 4.66. The Bertz CT molecular complexity index is 1200. The lowest BCUT2D eigenvalue weighted by Crippen LogP contribution is -2.08. The van der Waals surface area contributed by atoms with E-state index in [0.717, 1.165) is 0 Å². The monoisotopic (exact) mass is 420 g/mol. The van der Waals surface area contributed by atoms with Gasteiger partial charge in [-0.05, 0) is 54.6 Å². The molecule has 7 heteroatoms. The normalized spacial score (nSPS) is 13.5. The topological polar surface area (TPSA) is 71.1 Å². The maximum absolute atomic E-state index is 13.0. The first-order chi connectivity index (χ1) is 15.0. The van der Waals surface area contributed by atoms with Crippen molar-refractivity contribution in [1.29, 1.82) is 0 Å². The van der Waals surface area contributed by atoms with Crippen molar-refractivity contribution in [1.82, 2.24) is 0 Å². The molecule has 1 aliphatic heterocycles. The number of hydrogen-bond donors (Lipinski definition) is 0. The smallest absolute Gasteiger partial charge is 0.343 e. The summed E-state index contributed by atoms with van der Waals surface area (Å²) in [5.74, 6) is 0.320. The van der Waals surface area contributed by atoms with Gasteiger partial charge >= 0.3 is 5.97 Å². The van der Waals surface area contributed by atoms with Crippen molar-refractivity contribution in [3.8, 4) is 23.0 Å². The molecule has 3 aromatic rings. The van der Waals surface area contributed by atoms with Gasteiger partial charge in [0, 0.05) is 17.7 Å². The largest absolute Gasteiger partial charge is 0.497 e. The van der Waals surface area contributed by atoms with Crippen LogP contribution in [0.3, 0.4) is 0 Å². The average Bonchev–Trinajstić information content (AvgIpc) is 3.09. The van der Waals surface area contributed by atoms with Crippen LogP contribution in [0.15, 0.2) is 66.4 Å². The van der Waals surface area contributed by atoms with Crippen LogP contribution < -0.4 is 18.9 Å². The second-order valence-corrected chi connectivity index (χ2v) is 6.60. The molecule has 0 bridgehead atoms. The van der Waals surface area contributed by atoms with E-state index in [1.807, 2.05) is 0 Å². The fourth-order valence-corrected chi connectivity index (χ4v) is 3.06. The molecule has 0 saturated heterocycles. The zero-order chi connectivity index (χ0) is 22.0. The predicted octanol–water partition coefficient (Wildman–Crippen LogP) is 4.68. The molecule has 0 saturated carbocycles. The van der Waals surface area contributed by atoms with Gasteiger partial charge in [0.2, 0.25) is 5.78 Å². The van der Waals surface area contributed by atoms with Gasteiger partial charge in [0.1, 0.15) is 28.8 Å². The Labute approximate surface area is 177 Å². The number of esters is 1. The van der Waals surface area contributed by atoms with E-state index < -0.39 is 11.8 Å². The summed E-state index contributed by atoms with van der Waals surface area (Å²) >= 11 is 0. The first-order valence-corrected chi connectivity index (χ1v) is 9.26. The zero-order valence-electron chi connectivity index (χ0n) is 16.7. The quantitative estimate of drug-likeness (QED) is 0.339. The highest BCUT2D eigenvalue weighted by Gasteiger charge is 2.28.